The fourth-order valence-corrected chi connectivity index (χ4v) is 2.97. The van der Waals surface area contributed by atoms with Crippen LogP contribution < -0.4 is 0 Å². The smallest absolute Gasteiger partial charge is 0.281 e. The second-order valence-corrected chi connectivity index (χ2v) is 6.63. The number of hydrogen-bond acceptors (Lipinski definition) is 4. The first-order valence-corrected chi connectivity index (χ1v) is 7.08. The third kappa shape index (κ3) is 2.94. The minimum Gasteiger partial charge on any atom is -0.281 e. The van der Waals surface area contributed by atoms with Crippen molar-refractivity contribution in [1.82, 2.24) is 9.78 Å². The molecule has 0 unspecified atom stereocenters. The molecule has 0 aliphatic carbocycles. The van der Waals surface area contributed by atoms with E-state index in [0.29, 0.717) is 5.00 Å². The van der Waals surface area contributed by atoms with E-state index in [0.717, 1.165) is 14.9 Å². The molecule has 0 aliphatic heterocycles. The summed E-state index contributed by atoms with van der Waals surface area (Å²) < 4.78 is 32.9. The number of nitrogens with zero attached hydrogens (tertiary/aromatic N) is 2. The van der Waals surface area contributed by atoms with Gasteiger partial charge in [-0.25, -0.2) is 4.68 Å². The van der Waals surface area contributed by atoms with Gasteiger partial charge >= 0.3 is 10.1 Å². The van der Waals surface area contributed by atoms with Crippen LogP contribution in [0.4, 0.5) is 0 Å². The maximum Gasteiger partial charge on any atom is 0.304 e. The van der Waals surface area contributed by atoms with Crippen LogP contribution in [0.25, 0.3) is 5.00 Å². The number of hydrogen-bond donors (Lipinski definition) is 1. The SMILES string of the molecule is Cl.O=S(=O)(O)c1ccc(-n2cc(I)cn2)s1. The van der Waals surface area contributed by atoms with Crippen molar-refractivity contribution in [3.05, 3.63) is 28.1 Å². The van der Waals surface area contributed by atoms with E-state index in [2.05, 4.69) is 27.7 Å². The molecule has 2 aromatic rings. The average molecular weight is 393 g/mol. The van der Waals surface area contributed by atoms with Gasteiger partial charge in [-0.15, -0.1) is 23.7 Å². The van der Waals surface area contributed by atoms with Crippen molar-refractivity contribution in [2.75, 3.05) is 0 Å². The summed E-state index contributed by atoms with van der Waals surface area (Å²) in [5.41, 5.74) is 0. The Hall–Kier alpha value is -0.160. The van der Waals surface area contributed by atoms with E-state index in [1.807, 2.05) is 0 Å². The Bertz CT molecular complexity index is 592. The van der Waals surface area contributed by atoms with Gasteiger partial charge in [-0.2, -0.15) is 13.5 Å². The van der Waals surface area contributed by atoms with Gasteiger partial charge in [0.25, 0.3) is 0 Å². The van der Waals surface area contributed by atoms with Crippen LogP contribution in [0.1, 0.15) is 0 Å². The van der Waals surface area contributed by atoms with Crippen LogP contribution in [-0.2, 0) is 10.1 Å². The molecule has 0 spiro atoms. The highest BCUT2D eigenvalue weighted by Gasteiger charge is 2.13. The zero-order valence-corrected chi connectivity index (χ0v) is 12.2. The largest absolute Gasteiger partial charge is 0.304 e. The first-order valence-electron chi connectivity index (χ1n) is 3.75. The average Bonchev–Trinajstić information content (AvgIpc) is 2.69. The van der Waals surface area contributed by atoms with E-state index in [-0.39, 0.29) is 16.6 Å². The molecule has 0 saturated carbocycles. The zero-order valence-electron chi connectivity index (χ0n) is 7.57. The molecule has 0 atom stereocenters. The summed E-state index contributed by atoms with van der Waals surface area (Å²) in [5.74, 6) is 0. The van der Waals surface area contributed by atoms with Crippen molar-refractivity contribution in [2.24, 2.45) is 0 Å². The molecule has 2 aromatic heterocycles. The molecule has 88 valence electrons. The van der Waals surface area contributed by atoms with E-state index in [9.17, 15) is 8.42 Å². The number of rotatable bonds is 2. The molecular formula is C7H6ClIN2O3S2. The fourth-order valence-electron chi connectivity index (χ4n) is 0.994. The van der Waals surface area contributed by atoms with Crippen molar-refractivity contribution < 1.29 is 13.0 Å². The minimum absolute atomic E-state index is 0. The van der Waals surface area contributed by atoms with Crippen LogP contribution in [0.2, 0.25) is 0 Å². The Balaban J connectivity index is 0.00000128. The molecule has 0 aromatic carbocycles. The normalized spacial score (nSPS) is 11.1. The molecule has 2 rings (SSSR count). The van der Waals surface area contributed by atoms with Crippen LogP contribution in [0.15, 0.2) is 28.7 Å². The fraction of sp³-hybridized carbons (Fsp3) is 0. The molecule has 0 fully saturated rings. The van der Waals surface area contributed by atoms with Crippen molar-refractivity contribution in [1.29, 1.82) is 0 Å². The van der Waals surface area contributed by atoms with Gasteiger partial charge in [0.15, 0.2) is 0 Å². The summed E-state index contributed by atoms with van der Waals surface area (Å²) in [6.45, 7) is 0. The Kier molecular flexibility index (Phi) is 4.35. The summed E-state index contributed by atoms with van der Waals surface area (Å²) in [6, 6.07) is 2.95. The predicted octanol–water partition coefficient (Wildman–Crippen LogP) is 2.21. The zero-order chi connectivity index (χ0) is 11.1. The van der Waals surface area contributed by atoms with Crippen molar-refractivity contribution >= 4 is 56.5 Å². The second kappa shape index (κ2) is 5.00. The lowest BCUT2D eigenvalue weighted by molar-refractivity contribution is 0.485. The Labute approximate surface area is 116 Å². The standard InChI is InChI=1S/C7H5IN2O3S2.ClH/c8-5-3-9-10(4-5)6-1-2-7(14-6)15(11,12)13;/h1-4H,(H,11,12,13);1H. The lowest BCUT2D eigenvalue weighted by atomic mass is 10.6. The van der Waals surface area contributed by atoms with Gasteiger partial charge in [0.1, 0.15) is 9.21 Å². The summed E-state index contributed by atoms with van der Waals surface area (Å²) in [7, 11) is -4.11. The third-order valence-corrected chi connectivity index (χ3v) is 4.55. The van der Waals surface area contributed by atoms with Gasteiger partial charge in [0, 0.05) is 6.20 Å². The summed E-state index contributed by atoms with van der Waals surface area (Å²) in [4.78, 5) is 0. The van der Waals surface area contributed by atoms with Gasteiger partial charge in [0.2, 0.25) is 0 Å². The number of aromatic nitrogens is 2. The number of thiophene rings is 1. The lowest BCUT2D eigenvalue weighted by Gasteiger charge is -1.93. The highest BCUT2D eigenvalue weighted by Crippen LogP contribution is 2.24. The maximum absolute atomic E-state index is 10.8. The molecule has 0 radical (unpaired) electrons. The Morgan fingerprint density at radius 3 is 2.56 bits per heavy atom. The monoisotopic (exact) mass is 392 g/mol. The van der Waals surface area contributed by atoms with Crippen molar-refractivity contribution in [3.8, 4) is 5.00 Å². The molecular weight excluding hydrogens is 387 g/mol. The first kappa shape index (κ1) is 13.9. The van der Waals surface area contributed by atoms with E-state index in [1.54, 1.807) is 23.1 Å². The van der Waals surface area contributed by atoms with E-state index in [1.165, 1.54) is 6.07 Å². The highest BCUT2D eigenvalue weighted by atomic mass is 127. The lowest BCUT2D eigenvalue weighted by Crippen LogP contribution is -1.93. The number of halogens is 2. The van der Waals surface area contributed by atoms with Crippen molar-refractivity contribution in [3.63, 3.8) is 0 Å². The maximum atomic E-state index is 10.8. The summed E-state index contributed by atoms with van der Waals surface area (Å²) in [5, 5.41) is 4.67. The molecule has 0 amide bonds. The minimum atomic E-state index is -4.11. The molecule has 9 heteroatoms. The Morgan fingerprint density at radius 1 is 1.44 bits per heavy atom. The first-order chi connectivity index (χ1) is 6.97. The topological polar surface area (TPSA) is 72.2 Å². The third-order valence-electron chi connectivity index (χ3n) is 1.60. The van der Waals surface area contributed by atoms with Crippen LogP contribution >= 0.6 is 46.3 Å². The van der Waals surface area contributed by atoms with Gasteiger partial charge < -0.3 is 0 Å². The van der Waals surface area contributed by atoms with E-state index in [4.69, 9.17) is 4.55 Å². The molecule has 5 nitrogen and oxygen atoms in total. The molecule has 16 heavy (non-hydrogen) atoms. The molecule has 1 N–H and O–H groups in total. The predicted molar refractivity (Wildman–Crippen MR) is 71.2 cm³/mol. The summed E-state index contributed by atoms with van der Waals surface area (Å²) in [6.07, 6.45) is 3.42. The molecule has 0 saturated heterocycles. The summed E-state index contributed by atoms with van der Waals surface area (Å²) >= 11 is 3.07. The second-order valence-electron chi connectivity index (χ2n) is 2.67. The van der Waals surface area contributed by atoms with E-state index < -0.39 is 10.1 Å². The van der Waals surface area contributed by atoms with Gasteiger partial charge in [-0.05, 0) is 34.7 Å². The van der Waals surface area contributed by atoms with Crippen LogP contribution in [0.5, 0.6) is 0 Å². The van der Waals surface area contributed by atoms with Crippen molar-refractivity contribution in [2.45, 2.75) is 4.21 Å². The molecule has 2 heterocycles. The van der Waals surface area contributed by atoms with E-state index >= 15 is 0 Å². The van der Waals surface area contributed by atoms with Gasteiger partial charge in [-0.1, -0.05) is 0 Å². The quantitative estimate of drug-likeness (QED) is 0.628. The van der Waals surface area contributed by atoms with Crippen LogP contribution in [0.3, 0.4) is 0 Å². The highest BCUT2D eigenvalue weighted by molar-refractivity contribution is 14.1. The van der Waals surface area contributed by atoms with Gasteiger partial charge in [0.05, 0.1) is 9.77 Å². The van der Waals surface area contributed by atoms with Gasteiger partial charge in [-0.3, -0.25) is 4.55 Å². The van der Waals surface area contributed by atoms with Crippen LogP contribution in [-0.4, -0.2) is 22.8 Å². The molecule has 0 aliphatic rings. The molecule has 0 bridgehead atoms. The Morgan fingerprint density at radius 2 is 2.12 bits per heavy atom. The van der Waals surface area contributed by atoms with Crippen LogP contribution in [0, 0.1) is 3.57 Å².